The Morgan fingerprint density at radius 1 is 1.33 bits per heavy atom. The summed E-state index contributed by atoms with van der Waals surface area (Å²) in [5.41, 5.74) is 0. The fraction of sp³-hybridized carbons (Fsp3) is 0.500. The van der Waals surface area contributed by atoms with Gasteiger partial charge in [-0.25, -0.2) is 0 Å². The van der Waals surface area contributed by atoms with Gasteiger partial charge in [0.1, 0.15) is 11.9 Å². The first-order valence-electron chi connectivity index (χ1n) is 5.35. The summed E-state index contributed by atoms with van der Waals surface area (Å²) in [6.45, 7) is 2.23. The Balaban J connectivity index is 1.92. The lowest BCUT2D eigenvalue weighted by Crippen LogP contribution is -2.35. The molecular formula is C12H16ClNO. The molecular weight excluding hydrogens is 210 g/mol. The summed E-state index contributed by atoms with van der Waals surface area (Å²) in [5, 5.41) is 0.737. The Kier molecular flexibility index (Phi) is 3.49. The van der Waals surface area contributed by atoms with Gasteiger partial charge in [0.2, 0.25) is 0 Å². The van der Waals surface area contributed by atoms with Crippen molar-refractivity contribution in [3.63, 3.8) is 0 Å². The summed E-state index contributed by atoms with van der Waals surface area (Å²) < 4.78 is 5.87. The lowest BCUT2D eigenvalue weighted by molar-refractivity contribution is 0.114. The van der Waals surface area contributed by atoms with E-state index < -0.39 is 0 Å². The first-order valence-corrected chi connectivity index (χ1v) is 5.72. The van der Waals surface area contributed by atoms with Crippen molar-refractivity contribution in [3.8, 4) is 5.75 Å². The molecule has 0 aliphatic carbocycles. The van der Waals surface area contributed by atoms with E-state index >= 15 is 0 Å². The van der Waals surface area contributed by atoms with Gasteiger partial charge in [-0.05, 0) is 38.1 Å². The van der Waals surface area contributed by atoms with E-state index in [-0.39, 0.29) is 0 Å². The molecule has 0 saturated carbocycles. The Morgan fingerprint density at radius 2 is 2.07 bits per heavy atom. The summed E-state index contributed by atoms with van der Waals surface area (Å²) in [6.07, 6.45) is 2.55. The molecule has 82 valence electrons. The average Bonchev–Trinajstić information content (AvgIpc) is 2.22. The number of hydrogen-bond acceptors (Lipinski definition) is 2. The van der Waals surface area contributed by atoms with Crippen LogP contribution in [0.2, 0.25) is 5.02 Å². The van der Waals surface area contributed by atoms with Crippen LogP contribution in [-0.2, 0) is 0 Å². The zero-order valence-electron chi connectivity index (χ0n) is 8.95. The predicted molar refractivity (Wildman–Crippen MR) is 62.6 cm³/mol. The molecule has 1 saturated heterocycles. The van der Waals surface area contributed by atoms with Crippen LogP contribution in [0.1, 0.15) is 12.8 Å². The molecule has 1 fully saturated rings. The van der Waals surface area contributed by atoms with Crippen LogP contribution in [0, 0.1) is 0 Å². The highest BCUT2D eigenvalue weighted by Crippen LogP contribution is 2.21. The van der Waals surface area contributed by atoms with Gasteiger partial charge in [-0.1, -0.05) is 17.7 Å². The van der Waals surface area contributed by atoms with Gasteiger partial charge in [-0.3, -0.25) is 0 Å². The summed E-state index contributed by atoms with van der Waals surface area (Å²) >= 11 is 5.90. The zero-order chi connectivity index (χ0) is 10.7. The SMILES string of the molecule is CN1CCC(Oc2cccc(Cl)c2)CC1. The molecule has 1 aliphatic heterocycles. The van der Waals surface area contributed by atoms with Crippen LogP contribution < -0.4 is 4.74 Å². The standard InChI is InChI=1S/C12H16ClNO/c1-14-7-5-11(6-8-14)15-12-4-2-3-10(13)9-12/h2-4,9,11H,5-8H2,1H3. The van der Waals surface area contributed by atoms with E-state index in [4.69, 9.17) is 16.3 Å². The van der Waals surface area contributed by atoms with Crippen molar-refractivity contribution in [1.29, 1.82) is 0 Å². The number of benzene rings is 1. The fourth-order valence-corrected chi connectivity index (χ4v) is 2.02. The summed E-state index contributed by atoms with van der Waals surface area (Å²) in [7, 11) is 2.15. The van der Waals surface area contributed by atoms with Crippen molar-refractivity contribution < 1.29 is 4.74 Å². The van der Waals surface area contributed by atoms with E-state index in [2.05, 4.69) is 11.9 Å². The minimum absolute atomic E-state index is 0.347. The molecule has 1 aliphatic rings. The average molecular weight is 226 g/mol. The predicted octanol–water partition coefficient (Wildman–Crippen LogP) is 2.81. The molecule has 0 atom stereocenters. The quantitative estimate of drug-likeness (QED) is 0.768. The maximum absolute atomic E-state index is 5.90. The summed E-state index contributed by atoms with van der Waals surface area (Å²) in [6, 6.07) is 7.62. The largest absolute Gasteiger partial charge is 0.490 e. The first kappa shape index (κ1) is 10.8. The van der Waals surface area contributed by atoms with Crippen LogP contribution in [0.3, 0.4) is 0 Å². The van der Waals surface area contributed by atoms with E-state index in [1.807, 2.05) is 24.3 Å². The van der Waals surface area contributed by atoms with E-state index in [1.165, 1.54) is 0 Å². The molecule has 2 nitrogen and oxygen atoms in total. The number of halogens is 1. The maximum Gasteiger partial charge on any atom is 0.121 e. The van der Waals surface area contributed by atoms with Crippen molar-refractivity contribution in [2.45, 2.75) is 18.9 Å². The van der Waals surface area contributed by atoms with Gasteiger partial charge in [-0.2, -0.15) is 0 Å². The van der Waals surface area contributed by atoms with Crippen molar-refractivity contribution in [3.05, 3.63) is 29.3 Å². The number of likely N-dealkylation sites (tertiary alicyclic amines) is 1. The van der Waals surface area contributed by atoms with E-state index in [0.29, 0.717) is 6.10 Å². The van der Waals surface area contributed by atoms with Gasteiger partial charge < -0.3 is 9.64 Å². The van der Waals surface area contributed by atoms with Gasteiger partial charge in [0.15, 0.2) is 0 Å². The van der Waals surface area contributed by atoms with Gasteiger partial charge in [0, 0.05) is 18.1 Å². The molecule has 1 aromatic rings. The summed E-state index contributed by atoms with van der Waals surface area (Å²) in [4.78, 5) is 2.33. The molecule has 2 rings (SSSR count). The number of hydrogen-bond donors (Lipinski definition) is 0. The molecule has 0 aromatic heterocycles. The number of piperidine rings is 1. The van der Waals surface area contributed by atoms with Crippen molar-refractivity contribution >= 4 is 11.6 Å². The van der Waals surface area contributed by atoms with Crippen LogP contribution in [0.15, 0.2) is 24.3 Å². The van der Waals surface area contributed by atoms with E-state index in [1.54, 1.807) is 0 Å². The van der Waals surface area contributed by atoms with Gasteiger partial charge in [0.25, 0.3) is 0 Å². The van der Waals surface area contributed by atoms with E-state index in [9.17, 15) is 0 Å². The highest BCUT2D eigenvalue weighted by Gasteiger charge is 2.17. The normalized spacial score (nSPS) is 19.1. The van der Waals surface area contributed by atoms with Gasteiger partial charge in [0.05, 0.1) is 0 Å². The highest BCUT2D eigenvalue weighted by molar-refractivity contribution is 6.30. The minimum Gasteiger partial charge on any atom is -0.490 e. The molecule has 0 unspecified atom stereocenters. The third-order valence-electron chi connectivity index (χ3n) is 2.76. The van der Waals surface area contributed by atoms with Crippen LogP contribution in [0.5, 0.6) is 5.75 Å². The molecule has 1 aromatic carbocycles. The second kappa shape index (κ2) is 4.86. The summed E-state index contributed by atoms with van der Waals surface area (Å²) in [5.74, 6) is 0.886. The monoisotopic (exact) mass is 225 g/mol. The Labute approximate surface area is 95.8 Å². The second-order valence-corrected chi connectivity index (χ2v) is 4.51. The molecule has 0 radical (unpaired) electrons. The first-order chi connectivity index (χ1) is 7.24. The van der Waals surface area contributed by atoms with E-state index in [0.717, 1.165) is 36.7 Å². The molecule has 1 heterocycles. The number of rotatable bonds is 2. The van der Waals surface area contributed by atoms with Gasteiger partial charge in [-0.15, -0.1) is 0 Å². The number of nitrogens with zero attached hydrogens (tertiary/aromatic N) is 1. The van der Waals surface area contributed by atoms with Gasteiger partial charge >= 0.3 is 0 Å². The third kappa shape index (κ3) is 3.11. The molecule has 3 heteroatoms. The van der Waals surface area contributed by atoms with Crippen LogP contribution in [0.4, 0.5) is 0 Å². The van der Waals surface area contributed by atoms with Crippen LogP contribution >= 0.6 is 11.6 Å². The van der Waals surface area contributed by atoms with Crippen LogP contribution in [-0.4, -0.2) is 31.1 Å². The Hall–Kier alpha value is -0.730. The molecule has 0 spiro atoms. The molecule has 0 N–H and O–H groups in total. The lowest BCUT2D eigenvalue weighted by Gasteiger charge is -2.29. The maximum atomic E-state index is 5.90. The Bertz CT molecular complexity index is 321. The zero-order valence-corrected chi connectivity index (χ0v) is 9.70. The minimum atomic E-state index is 0.347. The fourth-order valence-electron chi connectivity index (χ4n) is 1.84. The molecule has 0 bridgehead atoms. The third-order valence-corrected chi connectivity index (χ3v) is 3.00. The smallest absolute Gasteiger partial charge is 0.121 e. The van der Waals surface area contributed by atoms with Crippen molar-refractivity contribution in [1.82, 2.24) is 4.90 Å². The molecule has 15 heavy (non-hydrogen) atoms. The highest BCUT2D eigenvalue weighted by atomic mass is 35.5. The lowest BCUT2D eigenvalue weighted by atomic mass is 10.1. The topological polar surface area (TPSA) is 12.5 Å². The number of ether oxygens (including phenoxy) is 1. The molecule has 0 amide bonds. The Morgan fingerprint density at radius 3 is 2.73 bits per heavy atom. The second-order valence-electron chi connectivity index (χ2n) is 4.08. The van der Waals surface area contributed by atoms with Crippen LogP contribution in [0.25, 0.3) is 0 Å². The van der Waals surface area contributed by atoms with Crippen molar-refractivity contribution in [2.24, 2.45) is 0 Å². The van der Waals surface area contributed by atoms with Crippen molar-refractivity contribution in [2.75, 3.05) is 20.1 Å².